The molecular weight excluding hydrogens is 280 g/mol. The van der Waals surface area contributed by atoms with E-state index in [1.54, 1.807) is 6.07 Å². The highest BCUT2D eigenvalue weighted by Gasteiger charge is 2.17. The maximum absolute atomic E-state index is 12.0. The van der Waals surface area contributed by atoms with Crippen LogP contribution in [0.5, 0.6) is 0 Å². The van der Waals surface area contributed by atoms with E-state index in [9.17, 15) is 4.79 Å². The second-order valence-electron chi connectivity index (χ2n) is 3.85. The molecule has 3 N–H and O–H groups in total. The topological polar surface area (TPSA) is 109 Å². The van der Waals surface area contributed by atoms with Gasteiger partial charge in [0, 0.05) is 24.7 Å². The number of hydrogen-bond acceptors (Lipinski definition) is 7. The fourth-order valence-corrected chi connectivity index (χ4v) is 2.08. The zero-order valence-corrected chi connectivity index (χ0v) is 11.9. The molecule has 0 bridgehead atoms. The number of nitrogens with zero attached hydrogens (tertiary/aromatic N) is 3. The number of aliphatic hydroxyl groups is 2. The van der Waals surface area contributed by atoms with Gasteiger partial charge in [-0.25, -0.2) is 4.98 Å². The third-order valence-electron chi connectivity index (χ3n) is 2.34. The first-order chi connectivity index (χ1) is 9.62. The van der Waals surface area contributed by atoms with E-state index in [0.29, 0.717) is 5.13 Å². The first-order valence-electron chi connectivity index (χ1n) is 5.92. The first kappa shape index (κ1) is 16.1. The molecule has 0 unspecified atom stereocenters. The molecule has 108 valence electrons. The summed E-state index contributed by atoms with van der Waals surface area (Å²) in [6.45, 7) is 1.50. The van der Waals surface area contributed by atoms with E-state index in [2.05, 4.69) is 10.3 Å². The van der Waals surface area contributed by atoms with E-state index < -0.39 is 5.91 Å². The molecule has 0 saturated carbocycles. The van der Waals surface area contributed by atoms with Crippen molar-refractivity contribution in [2.24, 2.45) is 0 Å². The summed E-state index contributed by atoms with van der Waals surface area (Å²) in [6, 6.07) is 1.80. The van der Waals surface area contributed by atoms with Crippen molar-refractivity contribution >= 4 is 22.4 Å². The van der Waals surface area contributed by atoms with E-state index >= 15 is 0 Å². The predicted molar refractivity (Wildman–Crippen MR) is 74.9 cm³/mol. The molecule has 20 heavy (non-hydrogen) atoms. The highest BCUT2D eigenvalue weighted by Crippen LogP contribution is 2.14. The number of amides is 1. The minimum atomic E-state index is -0.545. The van der Waals surface area contributed by atoms with Crippen molar-refractivity contribution in [2.45, 2.75) is 6.92 Å². The van der Waals surface area contributed by atoms with Gasteiger partial charge in [-0.05, 0) is 6.92 Å². The van der Waals surface area contributed by atoms with Gasteiger partial charge < -0.3 is 20.4 Å². The number of anilines is 1. The van der Waals surface area contributed by atoms with Crippen molar-refractivity contribution in [3.63, 3.8) is 0 Å². The van der Waals surface area contributed by atoms with Crippen LogP contribution >= 0.6 is 11.3 Å². The third-order valence-corrected chi connectivity index (χ3v) is 3.23. The number of carbonyl (C=O) groups is 1. The van der Waals surface area contributed by atoms with Gasteiger partial charge in [-0.2, -0.15) is 5.26 Å². The van der Waals surface area contributed by atoms with Gasteiger partial charge in [-0.1, -0.05) is 0 Å². The first-order valence-corrected chi connectivity index (χ1v) is 6.80. The molecule has 1 amide bonds. The van der Waals surface area contributed by atoms with E-state index in [-0.39, 0.29) is 31.9 Å². The molecule has 7 nitrogen and oxygen atoms in total. The molecule has 0 fully saturated rings. The standard InChI is InChI=1S/C12H16N4O3S/c1-9-8-20-12(15-9)14-7-10(6-13)11(19)16(2-4-17)3-5-18/h7-8,17-18H,2-5H2,1H3,(H,14,15)/b10-7-. The molecule has 8 heteroatoms. The van der Waals surface area contributed by atoms with Crippen molar-refractivity contribution in [3.8, 4) is 6.07 Å². The summed E-state index contributed by atoms with van der Waals surface area (Å²) in [7, 11) is 0. The van der Waals surface area contributed by atoms with Crippen molar-refractivity contribution in [2.75, 3.05) is 31.6 Å². The number of thiazole rings is 1. The van der Waals surface area contributed by atoms with Gasteiger partial charge in [0.25, 0.3) is 5.91 Å². The highest BCUT2D eigenvalue weighted by molar-refractivity contribution is 7.13. The number of nitrogens with one attached hydrogen (secondary N) is 1. The van der Waals surface area contributed by atoms with Crippen LogP contribution in [0, 0.1) is 18.3 Å². The quantitative estimate of drug-likeness (QED) is 0.486. The van der Waals surface area contributed by atoms with Crippen molar-refractivity contribution < 1.29 is 15.0 Å². The Balaban J connectivity index is 2.77. The van der Waals surface area contributed by atoms with Gasteiger partial charge in [0.2, 0.25) is 0 Å². The lowest BCUT2D eigenvalue weighted by Gasteiger charge is -2.19. The van der Waals surface area contributed by atoms with Gasteiger partial charge in [0.05, 0.1) is 18.9 Å². The van der Waals surface area contributed by atoms with E-state index in [4.69, 9.17) is 15.5 Å². The largest absolute Gasteiger partial charge is 0.395 e. The number of nitriles is 1. The molecule has 0 aliphatic heterocycles. The molecule has 1 aromatic rings. The lowest BCUT2D eigenvalue weighted by atomic mass is 10.2. The van der Waals surface area contributed by atoms with Gasteiger partial charge in [-0.15, -0.1) is 11.3 Å². The van der Waals surface area contributed by atoms with Crippen LogP contribution in [0.15, 0.2) is 17.2 Å². The van der Waals surface area contributed by atoms with Crippen LogP contribution in [0.1, 0.15) is 5.69 Å². The van der Waals surface area contributed by atoms with Gasteiger partial charge >= 0.3 is 0 Å². The SMILES string of the molecule is Cc1csc(N/C=C(/C#N)C(=O)N(CCO)CCO)n1. The van der Waals surface area contributed by atoms with E-state index in [0.717, 1.165) is 5.69 Å². The van der Waals surface area contributed by atoms with Gasteiger partial charge in [-0.3, -0.25) is 4.79 Å². The van der Waals surface area contributed by atoms with Crippen LogP contribution in [-0.4, -0.2) is 52.3 Å². The summed E-state index contributed by atoms with van der Waals surface area (Å²) in [5, 5.41) is 32.0. The lowest BCUT2D eigenvalue weighted by molar-refractivity contribution is -0.127. The average molecular weight is 296 g/mol. The fourth-order valence-electron chi connectivity index (χ4n) is 1.42. The summed E-state index contributed by atoms with van der Waals surface area (Å²) in [6.07, 6.45) is 1.28. The zero-order chi connectivity index (χ0) is 15.0. The minimum Gasteiger partial charge on any atom is -0.395 e. The predicted octanol–water partition coefficient (Wildman–Crippen LogP) is 0.0841. The van der Waals surface area contributed by atoms with Crippen LogP contribution in [0.25, 0.3) is 0 Å². The normalized spacial score (nSPS) is 11.0. The second kappa shape index (κ2) is 8.27. The second-order valence-corrected chi connectivity index (χ2v) is 4.71. The summed E-state index contributed by atoms with van der Waals surface area (Å²) in [5.41, 5.74) is 0.734. The monoisotopic (exact) mass is 296 g/mol. The van der Waals surface area contributed by atoms with Crippen molar-refractivity contribution in [1.29, 1.82) is 5.26 Å². The number of aryl methyl sites for hydroxylation is 1. The Morgan fingerprint density at radius 1 is 1.55 bits per heavy atom. The molecule has 0 aromatic carbocycles. The Hall–Kier alpha value is -1.95. The lowest BCUT2D eigenvalue weighted by Crippen LogP contribution is -2.36. The third kappa shape index (κ3) is 4.62. The number of aliphatic hydroxyl groups excluding tert-OH is 2. The van der Waals surface area contributed by atoms with Gasteiger partial charge in [0.15, 0.2) is 5.13 Å². The smallest absolute Gasteiger partial charge is 0.266 e. The molecule has 0 radical (unpaired) electrons. The van der Waals surface area contributed by atoms with Crippen LogP contribution in [0.4, 0.5) is 5.13 Å². The van der Waals surface area contributed by atoms with Crippen LogP contribution in [-0.2, 0) is 4.79 Å². The number of carbonyl (C=O) groups excluding carboxylic acids is 1. The zero-order valence-electron chi connectivity index (χ0n) is 11.0. The Labute approximate surface area is 120 Å². The van der Waals surface area contributed by atoms with E-state index in [1.165, 1.54) is 22.4 Å². The number of aromatic nitrogens is 1. The molecule has 0 atom stereocenters. The molecule has 1 heterocycles. The van der Waals surface area contributed by atoms with Gasteiger partial charge in [0.1, 0.15) is 11.6 Å². The summed E-state index contributed by atoms with van der Waals surface area (Å²) in [5.74, 6) is -0.545. The molecule has 0 spiro atoms. The molecule has 0 aliphatic carbocycles. The van der Waals surface area contributed by atoms with Crippen molar-refractivity contribution in [3.05, 3.63) is 22.8 Å². The average Bonchev–Trinajstić information content (AvgIpc) is 2.84. The number of hydrogen-bond donors (Lipinski definition) is 3. The summed E-state index contributed by atoms with van der Waals surface area (Å²) < 4.78 is 0. The summed E-state index contributed by atoms with van der Waals surface area (Å²) >= 11 is 1.36. The van der Waals surface area contributed by atoms with Crippen LogP contribution in [0.2, 0.25) is 0 Å². The molecule has 0 saturated heterocycles. The van der Waals surface area contributed by atoms with E-state index in [1.807, 2.05) is 12.3 Å². The van der Waals surface area contributed by atoms with Crippen LogP contribution in [0.3, 0.4) is 0 Å². The Kier molecular flexibility index (Phi) is 6.66. The number of rotatable bonds is 7. The minimum absolute atomic E-state index is 0.0643. The Morgan fingerprint density at radius 2 is 2.20 bits per heavy atom. The molecule has 1 rings (SSSR count). The van der Waals surface area contributed by atoms with Crippen LogP contribution < -0.4 is 5.32 Å². The Bertz CT molecular complexity index is 515. The summed E-state index contributed by atoms with van der Waals surface area (Å²) in [4.78, 5) is 17.4. The fraction of sp³-hybridized carbons (Fsp3) is 0.417. The highest BCUT2D eigenvalue weighted by atomic mass is 32.1. The molecular formula is C12H16N4O3S. The molecule has 0 aliphatic rings. The maximum Gasteiger partial charge on any atom is 0.266 e. The maximum atomic E-state index is 12.0. The van der Waals surface area contributed by atoms with Crippen molar-refractivity contribution in [1.82, 2.24) is 9.88 Å². The Morgan fingerprint density at radius 3 is 2.65 bits per heavy atom. The molecule has 1 aromatic heterocycles.